The highest BCUT2D eigenvalue weighted by molar-refractivity contribution is 6.11. The summed E-state index contributed by atoms with van der Waals surface area (Å²) in [5, 5.41) is 0. The van der Waals surface area contributed by atoms with Gasteiger partial charge >= 0.3 is 0 Å². The number of hydrogen-bond acceptors (Lipinski definition) is 3. The van der Waals surface area contributed by atoms with Gasteiger partial charge in [-0.15, -0.1) is 0 Å². The minimum absolute atomic E-state index is 0.152. The number of carbonyl (C=O) groups is 1. The number of carbonyl (C=O) groups excluding carboxylic acids is 1. The molecule has 17 heavy (non-hydrogen) atoms. The van der Waals surface area contributed by atoms with Crippen LogP contribution in [0.5, 0.6) is 0 Å². The molecule has 1 aromatic heterocycles. The van der Waals surface area contributed by atoms with Gasteiger partial charge in [0.2, 0.25) is 5.78 Å². The van der Waals surface area contributed by atoms with E-state index < -0.39 is 0 Å². The molecule has 0 aliphatic rings. The van der Waals surface area contributed by atoms with Gasteiger partial charge in [-0.05, 0) is 30.7 Å². The topological polar surface area (TPSA) is 56.2 Å². The van der Waals surface area contributed by atoms with Crippen LogP contribution in [-0.4, -0.2) is 5.78 Å². The molecule has 2 rings (SSSR count). The molecule has 1 heterocycles. The third kappa shape index (κ3) is 2.09. The van der Waals surface area contributed by atoms with Crippen LogP contribution in [0.3, 0.4) is 0 Å². The van der Waals surface area contributed by atoms with Gasteiger partial charge in [-0.25, -0.2) is 0 Å². The second kappa shape index (κ2) is 4.45. The third-order valence-corrected chi connectivity index (χ3v) is 2.77. The van der Waals surface area contributed by atoms with Gasteiger partial charge in [-0.3, -0.25) is 4.79 Å². The quantitative estimate of drug-likeness (QED) is 0.650. The molecule has 0 saturated heterocycles. The lowest BCUT2D eigenvalue weighted by atomic mass is 10.0. The Kier molecular flexibility index (Phi) is 3.00. The summed E-state index contributed by atoms with van der Waals surface area (Å²) in [6, 6.07) is 8.95. The number of hydrogen-bond donors (Lipinski definition) is 1. The second-order valence-corrected chi connectivity index (χ2v) is 3.99. The summed E-state index contributed by atoms with van der Waals surface area (Å²) in [7, 11) is 0. The largest absolute Gasteiger partial charge is 0.458 e. The normalized spacial score (nSPS) is 10.5. The molecule has 88 valence electrons. The summed E-state index contributed by atoms with van der Waals surface area (Å²) in [4.78, 5) is 12.2. The van der Waals surface area contributed by atoms with E-state index in [-0.39, 0.29) is 5.78 Å². The average Bonchev–Trinajstić information content (AvgIpc) is 2.77. The monoisotopic (exact) mass is 229 g/mol. The summed E-state index contributed by atoms with van der Waals surface area (Å²) in [5.41, 5.74) is 7.72. The molecule has 0 saturated carbocycles. The van der Waals surface area contributed by atoms with Crippen LogP contribution < -0.4 is 5.73 Å². The molecule has 2 N–H and O–H groups in total. The molecule has 3 heteroatoms. The smallest absolute Gasteiger partial charge is 0.230 e. The molecule has 0 spiro atoms. The molecular weight excluding hydrogens is 214 g/mol. The zero-order valence-electron chi connectivity index (χ0n) is 9.99. The lowest BCUT2D eigenvalue weighted by Gasteiger charge is -2.06. The molecule has 0 aliphatic heterocycles. The Labute approximate surface area is 100 Å². The highest BCUT2D eigenvalue weighted by atomic mass is 16.3. The van der Waals surface area contributed by atoms with Crippen molar-refractivity contribution in [1.29, 1.82) is 0 Å². The number of ketones is 1. The Bertz CT molecular complexity index is 535. The Morgan fingerprint density at radius 2 is 2.06 bits per heavy atom. The van der Waals surface area contributed by atoms with E-state index in [1.165, 1.54) is 0 Å². The van der Waals surface area contributed by atoms with Crippen molar-refractivity contribution in [3.8, 4) is 0 Å². The van der Waals surface area contributed by atoms with Crippen LogP contribution in [0.1, 0.15) is 34.4 Å². The van der Waals surface area contributed by atoms with E-state index in [0.717, 1.165) is 17.7 Å². The first kappa shape index (κ1) is 11.5. The van der Waals surface area contributed by atoms with Crippen LogP contribution in [0.2, 0.25) is 0 Å². The van der Waals surface area contributed by atoms with Crippen LogP contribution in [0.15, 0.2) is 34.7 Å². The maximum atomic E-state index is 12.2. The molecule has 0 unspecified atom stereocenters. The first-order valence-electron chi connectivity index (χ1n) is 5.62. The average molecular weight is 229 g/mol. The SMILES string of the molecule is CCc1ccc(C(=O)c2c(C)cccc2N)o1. The summed E-state index contributed by atoms with van der Waals surface area (Å²) < 4.78 is 5.45. The van der Waals surface area contributed by atoms with Crippen molar-refractivity contribution in [3.05, 3.63) is 53.0 Å². The predicted molar refractivity (Wildman–Crippen MR) is 67.1 cm³/mol. The molecule has 0 fully saturated rings. The van der Waals surface area contributed by atoms with E-state index in [4.69, 9.17) is 10.2 Å². The number of benzene rings is 1. The van der Waals surface area contributed by atoms with Crippen LogP contribution >= 0.6 is 0 Å². The van der Waals surface area contributed by atoms with Crippen molar-refractivity contribution < 1.29 is 9.21 Å². The Morgan fingerprint density at radius 3 is 2.65 bits per heavy atom. The van der Waals surface area contributed by atoms with E-state index in [1.807, 2.05) is 32.0 Å². The second-order valence-electron chi connectivity index (χ2n) is 3.99. The predicted octanol–water partition coefficient (Wildman–Crippen LogP) is 2.96. The van der Waals surface area contributed by atoms with Crippen molar-refractivity contribution in [1.82, 2.24) is 0 Å². The van der Waals surface area contributed by atoms with E-state index in [0.29, 0.717) is 17.0 Å². The van der Waals surface area contributed by atoms with Gasteiger partial charge in [0.25, 0.3) is 0 Å². The Balaban J connectivity index is 2.43. The first-order chi connectivity index (χ1) is 8.13. The van der Waals surface area contributed by atoms with Crippen molar-refractivity contribution in [2.24, 2.45) is 0 Å². The van der Waals surface area contributed by atoms with Crippen molar-refractivity contribution >= 4 is 11.5 Å². The molecule has 0 bridgehead atoms. The summed E-state index contributed by atoms with van der Waals surface area (Å²) in [5.74, 6) is 1.00. The van der Waals surface area contributed by atoms with Gasteiger partial charge in [0, 0.05) is 12.1 Å². The molecule has 3 nitrogen and oxygen atoms in total. The first-order valence-corrected chi connectivity index (χ1v) is 5.62. The van der Waals surface area contributed by atoms with E-state index in [9.17, 15) is 4.79 Å². The number of nitrogen functional groups attached to an aromatic ring is 1. The fourth-order valence-corrected chi connectivity index (χ4v) is 1.81. The number of aryl methyl sites for hydroxylation is 2. The molecule has 0 atom stereocenters. The summed E-state index contributed by atoms with van der Waals surface area (Å²) in [6.45, 7) is 3.85. The van der Waals surface area contributed by atoms with Gasteiger partial charge in [0.05, 0.1) is 5.56 Å². The zero-order valence-corrected chi connectivity index (χ0v) is 9.99. The van der Waals surface area contributed by atoms with Crippen molar-refractivity contribution in [2.75, 3.05) is 5.73 Å². The minimum atomic E-state index is -0.152. The van der Waals surface area contributed by atoms with E-state index in [1.54, 1.807) is 12.1 Å². The number of rotatable bonds is 3. The van der Waals surface area contributed by atoms with Crippen LogP contribution in [0.25, 0.3) is 0 Å². The van der Waals surface area contributed by atoms with Gasteiger partial charge in [0.15, 0.2) is 5.76 Å². The molecule has 1 aromatic carbocycles. The fraction of sp³-hybridized carbons (Fsp3) is 0.214. The van der Waals surface area contributed by atoms with Crippen LogP contribution in [-0.2, 0) is 6.42 Å². The van der Waals surface area contributed by atoms with E-state index >= 15 is 0 Å². The van der Waals surface area contributed by atoms with Gasteiger partial charge in [0.1, 0.15) is 5.76 Å². The minimum Gasteiger partial charge on any atom is -0.458 e. The molecule has 0 radical (unpaired) electrons. The maximum absolute atomic E-state index is 12.2. The third-order valence-electron chi connectivity index (χ3n) is 2.77. The van der Waals surface area contributed by atoms with Crippen molar-refractivity contribution in [2.45, 2.75) is 20.3 Å². The van der Waals surface area contributed by atoms with Gasteiger partial charge in [-0.2, -0.15) is 0 Å². The number of furan rings is 1. The van der Waals surface area contributed by atoms with Crippen LogP contribution in [0.4, 0.5) is 5.69 Å². The lowest BCUT2D eigenvalue weighted by Crippen LogP contribution is -2.06. The highest BCUT2D eigenvalue weighted by Gasteiger charge is 2.17. The Morgan fingerprint density at radius 1 is 1.29 bits per heavy atom. The van der Waals surface area contributed by atoms with Gasteiger partial charge < -0.3 is 10.2 Å². The summed E-state index contributed by atoms with van der Waals surface area (Å²) >= 11 is 0. The van der Waals surface area contributed by atoms with Crippen LogP contribution in [0, 0.1) is 6.92 Å². The Hall–Kier alpha value is -2.03. The highest BCUT2D eigenvalue weighted by Crippen LogP contribution is 2.21. The maximum Gasteiger partial charge on any atom is 0.230 e. The lowest BCUT2D eigenvalue weighted by molar-refractivity contribution is 0.101. The van der Waals surface area contributed by atoms with Gasteiger partial charge in [-0.1, -0.05) is 19.1 Å². The number of nitrogens with two attached hydrogens (primary N) is 1. The fourth-order valence-electron chi connectivity index (χ4n) is 1.81. The molecule has 0 aliphatic carbocycles. The zero-order chi connectivity index (χ0) is 12.4. The van der Waals surface area contributed by atoms with Crippen molar-refractivity contribution in [3.63, 3.8) is 0 Å². The number of anilines is 1. The molecule has 2 aromatic rings. The van der Waals surface area contributed by atoms with E-state index in [2.05, 4.69) is 0 Å². The molecule has 0 amide bonds. The summed E-state index contributed by atoms with van der Waals surface area (Å²) in [6.07, 6.45) is 0.774. The standard InChI is InChI=1S/C14H15NO2/c1-3-10-7-8-12(17-10)14(16)13-9(2)5-4-6-11(13)15/h4-8H,3,15H2,1-2H3. The molecular formula is C14H15NO2.